The highest BCUT2D eigenvalue weighted by Gasteiger charge is 2.27. The number of nitrogens with one attached hydrogen (secondary N) is 1. The molecular formula is C18H14N2O3. The summed E-state index contributed by atoms with van der Waals surface area (Å²) in [5.41, 5.74) is 3.61. The van der Waals surface area contributed by atoms with Crippen molar-refractivity contribution in [1.82, 2.24) is 9.97 Å². The number of fused-ring (bicyclic) bond motifs is 1. The van der Waals surface area contributed by atoms with Gasteiger partial charge in [-0.3, -0.25) is 0 Å². The molecule has 3 aromatic rings. The van der Waals surface area contributed by atoms with Crippen LogP contribution < -0.4 is 4.74 Å². The molecule has 0 fully saturated rings. The van der Waals surface area contributed by atoms with Crippen LogP contribution in [0.25, 0.3) is 11.6 Å². The van der Waals surface area contributed by atoms with E-state index in [1.807, 2.05) is 24.3 Å². The van der Waals surface area contributed by atoms with Crippen molar-refractivity contribution in [3.05, 3.63) is 71.8 Å². The summed E-state index contributed by atoms with van der Waals surface area (Å²) in [6.07, 6.45) is 4.98. The summed E-state index contributed by atoms with van der Waals surface area (Å²) in [6.45, 7) is 0. The first kappa shape index (κ1) is 13.5. The van der Waals surface area contributed by atoms with Crippen LogP contribution in [0.5, 0.6) is 17.2 Å². The highest BCUT2D eigenvalue weighted by atomic mass is 16.5. The Balaban J connectivity index is 1.86. The molecule has 0 aliphatic carbocycles. The summed E-state index contributed by atoms with van der Waals surface area (Å²) in [5.74, 6) is 0.996. The fourth-order valence-electron chi connectivity index (χ4n) is 2.71. The molecule has 0 amide bonds. The van der Waals surface area contributed by atoms with E-state index < -0.39 is 0 Å². The predicted molar refractivity (Wildman–Crippen MR) is 86.0 cm³/mol. The molecule has 0 bridgehead atoms. The van der Waals surface area contributed by atoms with Crippen LogP contribution in [0, 0.1) is 0 Å². The lowest BCUT2D eigenvalue weighted by atomic mass is 9.93. The van der Waals surface area contributed by atoms with Gasteiger partial charge in [-0.25, -0.2) is 4.98 Å². The first-order valence-electron chi connectivity index (χ1n) is 7.19. The minimum absolute atomic E-state index is 0.161. The van der Waals surface area contributed by atoms with Gasteiger partial charge in [0.25, 0.3) is 0 Å². The van der Waals surface area contributed by atoms with Gasteiger partial charge in [0, 0.05) is 17.2 Å². The Kier molecular flexibility index (Phi) is 3.05. The minimum atomic E-state index is -0.364. The molecule has 4 rings (SSSR count). The van der Waals surface area contributed by atoms with E-state index in [-0.39, 0.29) is 17.6 Å². The van der Waals surface area contributed by atoms with Crippen molar-refractivity contribution in [2.45, 2.75) is 6.10 Å². The zero-order chi connectivity index (χ0) is 15.8. The first-order valence-corrected chi connectivity index (χ1v) is 7.19. The molecule has 23 heavy (non-hydrogen) atoms. The van der Waals surface area contributed by atoms with Crippen LogP contribution in [0.3, 0.4) is 0 Å². The SMILES string of the molecule is Oc1ccc(C2=Cc3ccc(O)cc3OC2c2cnc[nH]2)cc1. The van der Waals surface area contributed by atoms with Crippen LogP contribution in [0.1, 0.15) is 22.9 Å². The lowest BCUT2D eigenvalue weighted by Gasteiger charge is -2.27. The van der Waals surface area contributed by atoms with E-state index in [1.54, 1.807) is 36.8 Å². The zero-order valence-corrected chi connectivity index (χ0v) is 12.1. The van der Waals surface area contributed by atoms with E-state index in [4.69, 9.17) is 4.74 Å². The number of phenols is 2. The number of aromatic amines is 1. The molecule has 1 unspecified atom stereocenters. The van der Waals surface area contributed by atoms with Crippen molar-refractivity contribution in [2.24, 2.45) is 0 Å². The van der Waals surface area contributed by atoms with Crippen molar-refractivity contribution in [2.75, 3.05) is 0 Å². The third kappa shape index (κ3) is 2.42. The van der Waals surface area contributed by atoms with Gasteiger partial charge in [-0.15, -0.1) is 0 Å². The Morgan fingerprint density at radius 1 is 1.00 bits per heavy atom. The molecule has 5 nitrogen and oxygen atoms in total. The third-order valence-electron chi connectivity index (χ3n) is 3.84. The second-order valence-electron chi connectivity index (χ2n) is 5.37. The van der Waals surface area contributed by atoms with Gasteiger partial charge in [0.1, 0.15) is 17.2 Å². The molecule has 114 valence electrons. The Labute approximate surface area is 132 Å². The molecule has 0 saturated carbocycles. The van der Waals surface area contributed by atoms with Crippen LogP contribution in [0.4, 0.5) is 0 Å². The Morgan fingerprint density at radius 3 is 2.52 bits per heavy atom. The van der Waals surface area contributed by atoms with Gasteiger partial charge in [0.15, 0.2) is 6.10 Å². The molecule has 1 aliphatic rings. The highest BCUT2D eigenvalue weighted by molar-refractivity contribution is 5.88. The lowest BCUT2D eigenvalue weighted by molar-refractivity contribution is 0.255. The maximum atomic E-state index is 9.67. The van der Waals surface area contributed by atoms with Gasteiger partial charge in [-0.2, -0.15) is 0 Å². The number of benzene rings is 2. The van der Waals surface area contributed by atoms with Gasteiger partial charge in [0.2, 0.25) is 0 Å². The number of hydrogen-bond donors (Lipinski definition) is 3. The first-order chi connectivity index (χ1) is 11.2. The molecular weight excluding hydrogens is 292 g/mol. The fourth-order valence-corrected chi connectivity index (χ4v) is 2.71. The monoisotopic (exact) mass is 306 g/mol. The van der Waals surface area contributed by atoms with E-state index in [9.17, 15) is 10.2 Å². The standard InChI is InChI=1S/C18H14N2O3/c21-13-4-1-11(2-5-13)15-7-12-3-6-14(22)8-17(12)23-18(15)16-9-19-10-20-16/h1-10,18,21-22H,(H,19,20). The van der Waals surface area contributed by atoms with Gasteiger partial charge in [0.05, 0.1) is 18.2 Å². The summed E-state index contributed by atoms with van der Waals surface area (Å²) in [4.78, 5) is 7.14. The van der Waals surface area contributed by atoms with E-state index in [0.717, 1.165) is 22.4 Å². The Hall–Kier alpha value is -3.21. The smallest absolute Gasteiger partial charge is 0.166 e. The highest BCUT2D eigenvalue weighted by Crippen LogP contribution is 2.42. The third-order valence-corrected chi connectivity index (χ3v) is 3.84. The average Bonchev–Trinajstić information content (AvgIpc) is 3.09. The molecule has 1 aromatic heterocycles. The molecule has 2 aromatic carbocycles. The summed E-state index contributed by atoms with van der Waals surface area (Å²) in [6, 6.07) is 12.0. The maximum Gasteiger partial charge on any atom is 0.166 e. The molecule has 0 spiro atoms. The predicted octanol–water partition coefficient (Wildman–Crippen LogP) is 3.50. The van der Waals surface area contributed by atoms with Crippen LogP contribution in [0.2, 0.25) is 0 Å². The zero-order valence-electron chi connectivity index (χ0n) is 12.1. The second-order valence-corrected chi connectivity index (χ2v) is 5.37. The normalized spacial score (nSPS) is 16.3. The number of ether oxygens (including phenoxy) is 1. The van der Waals surface area contributed by atoms with Gasteiger partial charge >= 0.3 is 0 Å². The summed E-state index contributed by atoms with van der Waals surface area (Å²) in [5, 5.41) is 19.2. The Morgan fingerprint density at radius 2 is 1.78 bits per heavy atom. The second kappa shape index (κ2) is 5.21. The van der Waals surface area contributed by atoms with Crippen molar-refractivity contribution in [3.63, 3.8) is 0 Å². The van der Waals surface area contributed by atoms with Crippen molar-refractivity contribution in [1.29, 1.82) is 0 Å². The maximum absolute atomic E-state index is 9.67. The molecule has 1 aliphatic heterocycles. The van der Waals surface area contributed by atoms with Crippen LogP contribution in [-0.2, 0) is 0 Å². The van der Waals surface area contributed by atoms with Crippen molar-refractivity contribution >= 4 is 11.6 Å². The number of hydrogen-bond acceptors (Lipinski definition) is 4. The molecule has 2 heterocycles. The quantitative estimate of drug-likeness (QED) is 0.677. The van der Waals surface area contributed by atoms with Gasteiger partial charge in [-0.05, 0) is 35.9 Å². The van der Waals surface area contributed by atoms with Crippen LogP contribution >= 0.6 is 0 Å². The number of imidazole rings is 1. The van der Waals surface area contributed by atoms with Crippen LogP contribution in [-0.4, -0.2) is 20.2 Å². The average molecular weight is 306 g/mol. The number of phenolic OH excluding ortho intramolecular Hbond substituents is 2. The van der Waals surface area contributed by atoms with E-state index in [1.165, 1.54) is 0 Å². The van der Waals surface area contributed by atoms with Crippen LogP contribution in [0.15, 0.2) is 55.0 Å². The van der Waals surface area contributed by atoms with Crippen molar-refractivity contribution < 1.29 is 14.9 Å². The molecule has 5 heteroatoms. The number of H-pyrrole nitrogens is 1. The molecule has 1 atom stereocenters. The molecule has 3 N–H and O–H groups in total. The molecule has 0 saturated heterocycles. The lowest BCUT2D eigenvalue weighted by Crippen LogP contribution is -2.14. The number of aromatic nitrogens is 2. The fraction of sp³-hybridized carbons (Fsp3) is 0.0556. The molecule has 0 radical (unpaired) electrons. The number of rotatable bonds is 2. The number of aromatic hydroxyl groups is 2. The van der Waals surface area contributed by atoms with E-state index in [2.05, 4.69) is 9.97 Å². The van der Waals surface area contributed by atoms with Crippen molar-refractivity contribution in [3.8, 4) is 17.2 Å². The largest absolute Gasteiger partial charge is 0.508 e. The van der Waals surface area contributed by atoms with Gasteiger partial charge in [-0.1, -0.05) is 12.1 Å². The van der Waals surface area contributed by atoms with Gasteiger partial charge < -0.3 is 19.9 Å². The summed E-state index contributed by atoms with van der Waals surface area (Å²) < 4.78 is 6.09. The van der Waals surface area contributed by atoms with E-state index in [0.29, 0.717) is 5.75 Å². The topological polar surface area (TPSA) is 78.4 Å². The van der Waals surface area contributed by atoms with E-state index >= 15 is 0 Å². The minimum Gasteiger partial charge on any atom is -0.508 e. The summed E-state index contributed by atoms with van der Waals surface area (Å²) in [7, 11) is 0. The number of nitrogens with zero attached hydrogens (tertiary/aromatic N) is 1. The Bertz CT molecular complexity index is 868. The summed E-state index contributed by atoms with van der Waals surface area (Å²) >= 11 is 0.